The van der Waals surface area contributed by atoms with Gasteiger partial charge in [0.2, 0.25) is 0 Å². The lowest BCUT2D eigenvalue weighted by molar-refractivity contribution is 0.412. The van der Waals surface area contributed by atoms with Gasteiger partial charge >= 0.3 is 7.69 Å². The van der Waals surface area contributed by atoms with Crippen LogP contribution in [0.15, 0.2) is 18.2 Å². The highest BCUT2D eigenvalue weighted by atomic mass is 35.5. The van der Waals surface area contributed by atoms with Crippen LogP contribution in [-0.2, 0) is 0 Å². The summed E-state index contributed by atoms with van der Waals surface area (Å²) in [6.45, 7) is 0. The van der Waals surface area contributed by atoms with E-state index in [1.165, 1.54) is 0 Å². The highest BCUT2D eigenvalue weighted by molar-refractivity contribution is 6.32. The fourth-order valence-electron chi connectivity index (χ4n) is 0.795. The maximum Gasteiger partial charge on any atom is 0.504 e. The first-order valence-corrected chi connectivity index (χ1v) is 3.73. The monoisotopic (exact) mass is 186 g/mol. The van der Waals surface area contributed by atoms with Crippen molar-refractivity contribution in [3.63, 3.8) is 0 Å². The number of benzene rings is 1. The molecular weight excluding hydrogens is 178 g/mol. The summed E-state index contributed by atoms with van der Waals surface area (Å²) in [4.78, 5) is 0. The Bertz CT molecular complexity index is 267. The summed E-state index contributed by atoms with van der Waals surface area (Å²) in [6, 6.07) is 4.96. The number of halogens is 1. The molecule has 0 saturated carbocycles. The third-order valence-electron chi connectivity index (χ3n) is 1.36. The van der Waals surface area contributed by atoms with Gasteiger partial charge in [0.25, 0.3) is 0 Å². The lowest BCUT2D eigenvalue weighted by atomic mass is 10.3. The second-order valence-corrected chi connectivity index (χ2v) is 2.48. The van der Waals surface area contributed by atoms with Crippen molar-refractivity contribution in [1.29, 1.82) is 0 Å². The summed E-state index contributed by atoms with van der Waals surface area (Å²) in [5.41, 5.74) is 0. The SMILES string of the molecule is COc1ccc(OBO)c(Cl)c1. The molecule has 0 bridgehead atoms. The van der Waals surface area contributed by atoms with Gasteiger partial charge in [0.05, 0.1) is 12.1 Å². The zero-order valence-corrected chi connectivity index (χ0v) is 7.34. The van der Waals surface area contributed by atoms with Gasteiger partial charge in [-0.2, -0.15) is 0 Å². The van der Waals surface area contributed by atoms with Crippen molar-refractivity contribution in [3.8, 4) is 11.5 Å². The minimum absolute atomic E-state index is 0.383. The molecule has 0 saturated heterocycles. The van der Waals surface area contributed by atoms with Crippen LogP contribution in [0, 0.1) is 0 Å². The Labute approximate surface area is 76.2 Å². The number of rotatable bonds is 3. The maximum absolute atomic E-state index is 8.46. The molecule has 1 rings (SSSR count). The van der Waals surface area contributed by atoms with Crippen LogP contribution >= 0.6 is 11.6 Å². The third-order valence-corrected chi connectivity index (χ3v) is 1.65. The van der Waals surface area contributed by atoms with Gasteiger partial charge < -0.3 is 14.4 Å². The van der Waals surface area contributed by atoms with Gasteiger partial charge in [-0.1, -0.05) is 11.6 Å². The molecule has 0 heterocycles. The fourth-order valence-corrected chi connectivity index (χ4v) is 1.02. The van der Waals surface area contributed by atoms with Gasteiger partial charge in [-0.25, -0.2) is 0 Å². The van der Waals surface area contributed by atoms with E-state index in [0.717, 1.165) is 0 Å². The van der Waals surface area contributed by atoms with Gasteiger partial charge in [0, 0.05) is 6.07 Å². The molecule has 0 amide bonds. The molecule has 0 unspecified atom stereocenters. The van der Waals surface area contributed by atoms with E-state index in [4.69, 9.17) is 26.0 Å². The summed E-state index contributed by atoms with van der Waals surface area (Å²) in [7, 11) is 1.17. The normalized spacial score (nSPS) is 9.25. The van der Waals surface area contributed by atoms with Crippen molar-refractivity contribution in [2.45, 2.75) is 0 Å². The van der Waals surface area contributed by atoms with Crippen molar-refractivity contribution in [3.05, 3.63) is 23.2 Å². The highest BCUT2D eigenvalue weighted by Crippen LogP contribution is 2.28. The Kier molecular flexibility index (Phi) is 3.25. The lowest BCUT2D eigenvalue weighted by Crippen LogP contribution is -2.00. The second-order valence-electron chi connectivity index (χ2n) is 2.07. The van der Waals surface area contributed by atoms with Crippen LogP contribution in [0.25, 0.3) is 0 Å². The Morgan fingerprint density at radius 3 is 2.75 bits per heavy atom. The number of hydrogen-bond acceptors (Lipinski definition) is 3. The van der Waals surface area contributed by atoms with Crippen molar-refractivity contribution >= 4 is 19.3 Å². The largest absolute Gasteiger partial charge is 0.538 e. The van der Waals surface area contributed by atoms with Crippen molar-refractivity contribution in [2.24, 2.45) is 0 Å². The molecule has 1 aromatic carbocycles. The minimum Gasteiger partial charge on any atom is -0.538 e. The van der Waals surface area contributed by atoms with Crippen LogP contribution in [0.1, 0.15) is 0 Å². The standard InChI is InChI=1S/C7H8BClO3/c1-11-5-2-3-7(12-8-10)6(9)4-5/h2-4,8,10H,1H3. The first-order valence-electron chi connectivity index (χ1n) is 3.35. The van der Waals surface area contributed by atoms with E-state index in [9.17, 15) is 0 Å². The predicted octanol–water partition coefficient (Wildman–Crippen LogP) is 0.986. The summed E-state index contributed by atoms with van der Waals surface area (Å²) in [5.74, 6) is 1.10. The minimum atomic E-state index is -0.383. The van der Waals surface area contributed by atoms with Crippen molar-refractivity contribution in [2.75, 3.05) is 7.11 Å². The van der Waals surface area contributed by atoms with Crippen LogP contribution in [0.4, 0.5) is 0 Å². The van der Waals surface area contributed by atoms with Gasteiger partial charge in [0.15, 0.2) is 0 Å². The molecule has 0 aromatic heterocycles. The summed E-state index contributed by atoms with van der Waals surface area (Å²) < 4.78 is 9.73. The van der Waals surface area contributed by atoms with Crippen LogP contribution < -0.4 is 9.39 Å². The topological polar surface area (TPSA) is 38.7 Å². The van der Waals surface area contributed by atoms with E-state index in [2.05, 4.69) is 0 Å². The summed E-state index contributed by atoms with van der Waals surface area (Å²) in [6.07, 6.45) is 0. The van der Waals surface area contributed by atoms with Gasteiger partial charge in [0.1, 0.15) is 11.5 Å². The Hall–Kier alpha value is -0.865. The van der Waals surface area contributed by atoms with Crippen molar-refractivity contribution < 1.29 is 14.4 Å². The molecule has 0 atom stereocenters. The molecule has 12 heavy (non-hydrogen) atoms. The molecule has 1 aromatic rings. The summed E-state index contributed by atoms with van der Waals surface area (Å²) >= 11 is 5.77. The molecule has 0 aliphatic carbocycles. The second kappa shape index (κ2) is 4.23. The number of ether oxygens (including phenoxy) is 1. The van der Waals surface area contributed by atoms with Gasteiger partial charge in [-0.3, -0.25) is 0 Å². The first kappa shape index (κ1) is 9.22. The smallest absolute Gasteiger partial charge is 0.504 e. The van der Waals surface area contributed by atoms with Crippen LogP contribution in [0.2, 0.25) is 5.02 Å². The molecule has 0 aliphatic rings. The van der Waals surface area contributed by atoms with E-state index in [0.29, 0.717) is 16.5 Å². The molecule has 0 aliphatic heterocycles. The molecule has 0 radical (unpaired) electrons. The molecular formula is C7H8BClO3. The van der Waals surface area contributed by atoms with Crippen LogP contribution in [-0.4, -0.2) is 19.8 Å². The molecule has 1 N–H and O–H groups in total. The van der Waals surface area contributed by atoms with Crippen LogP contribution in [0.5, 0.6) is 11.5 Å². The lowest BCUT2D eigenvalue weighted by Gasteiger charge is -2.05. The zero-order valence-electron chi connectivity index (χ0n) is 6.58. The Balaban J connectivity index is 2.87. The average Bonchev–Trinajstić information content (AvgIpc) is 2.09. The molecule has 0 spiro atoms. The van der Waals surface area contributed by atoms with E-state index in [-0.39, 0.29) is 7.69 Å². The predicted molar refractivity (Wildman–Crippen MR) is 48.0 cm³/mol. The molecule has 64 valence electrons. The third kappa shape index (κ3) is 2.06. The highest BCUT2D eigenvalue weighted by Gasteiger charge is 2.02. The van der Waals surface area contributed by atoms with Gasteiger partial charge in [-0.05, 0) is 12.1 Å². The van der Waals surface area contributed by atoms with E-state index in [1.54, 1.807) is 25.3 Å². The number of methoxy groups -OCH3 is 1. The molecule has 5 heteroatoms. The van der Waals surface area contributed by atoms with E-state index >= 15 is 0 Å². The zero-order chi connectivity index (χ0) is 8.97. The Morgan fingerprint density at radius 2 is 2.25 bits per heavy atom. The first-order chi connectivity index (χ1) is 5.77. The molecule has 0 fully saturated rings. The van der Waals surface area contributed by atoms with Gasteiger partial charge in [-0.15, -0.1) is 0 Å². The van der Waals surface area contributed by atoms with E-state index < -0.39 is 0 Å². The summed E-state index contributed by atoms with van der Waals surface area (Å²) in [5, 5.41) is 8.88. The maximum atomic E-state index is 8.46. The van der Waals surface area contributed by atoms with Crippen molar-refractivity contribution in [1.82, 2.24) is 0 Å². The van der Waals surface area contributed by atoms with E-state index in [1.807, 2.05) is 0 Å². The average molecular weight is 186 g/mol. The quantitative estimate of drug-likeness (QED) is 0.716. The van der Waals surface area contributed by atoms with Crippen LogP contribution in [0.3, 0.4) is 0 Å². The molecule has 3 nitrogen and oxygen atoms in total. The Morgan fingerprint density at radius 1 is 1.50 bits per heavy atom. The number of hydrogen-bond donors (Lipinski definition) is 1. The fraction of sp³-hybridized carbons (Fsp3) is 0.143.